The van der Waals surface area contributed by atoms with Gasteiger partial charge in [0.25, 0.3) is 0 Å². The third-order valence-electron chi connectivity index (χ3n) is 3.70. The number of alkyl halides is 3. The maximum Gasteiger partial charge on any atom is 0.406 e. The van der Waals surface area contributed by atoms with E-state index < -0.39 is 24.5 Å². The first-order chi connectivity index (χ1) is 9.26. The molecule has 0 aliphatic carbocycles. The Morgan fingerprint density at radius 3 is 2.65 bits per heavy atom. The molecular weight excluding hydrogens is 275 g/mol. The predicted molar refractivity (Wildman–Crippen MR) is 64.5 cm³/mol. The number of hydrogen-bond acceptors (Lipinski definition) is 3. The topological polar surface area (TPSA) is 66.6 Å². The van der Waals surface area contributed by atoms with E-state index in [0.717, 1.165) is 12.8 Å². The number of halogens is 3. The van der Waals surface area contributed by atoms with Gasteiger partial charge in [-0.15, -0.1) is 0 Å². The van der Waals surface area contributed by atoms with Crippen LogP contribution in [0.5, 0.6) is 0 Å². The fraction of sp³-hybridized carbons (Fsp3) is 0.833. The minimum absolute atomic E-state index is 0.0870. The lowest BCUT2D eigenvalue weighted by molar-refractivity contribution is -0.157. The molecule has 0 aromatic rings. The van der Waals surface area contributed by atoms with Gasteiger partial charge < -0.3 is 15.5 Å². The Kier molecular flexibility index (Phi) is 4.22. The molecule has 2 unspecified atom stereocenters. The van der Waals surface area contributed by atoms with E-state index in [1.54, 1.807) is 4.90 Å². The zero-order valence-corrected chi connectivity index (χ0v) is 11.0. The van der Waals surface area contributed by atoms with Gasteiger partial charge in [-0.1, -0.05) is 0 Å². The van der Waals surface area contributed by atoms with Crippen molar-refractivity contribution in [3.05, 3.63) is 0 Å². The van der Waals surface area contributed by atoms with Crippen LogP contribution >= 0.6 is 0 Å². The molecule has 5 nitrogen and oxygen atoms in total. The summed E-state index contributed by atoms with van der Waals surface area (Å²) in [5, 5.41) is 0. The van der Waals surface area contributed by atoms with Gasteiger partial charge in [0.05, 0.1) is 5.92 Å². The average molecular weight is 293 g/mol. The van der Waals surface area contributed by atoms with Gasteiger partial charge in [0.2, 0.25) is 11.8 Å². The molecule has 0 radical (unpaired) electrons. The summed E-state index contributed by atoms with van der Waals surface area (Å²) in [6.07, 6.45) is -2.94. The third kappa shape index (κ3) is 3.62. The second-order valence-electron chi connectivity index (χ2n) is 5.48. The van der Waals surface area contributed by atoms with Crippen LogP contribution in [-0.4, -0.2) is 60.0 Å². The number of likely N-dealkylation sites (tertiary alicyclic amines) is 2. The molecular formula is C12H18F3N3O2. The minimum atomic E-state index is -4.43. The van der Waals surface area contributed by atoms with Gasteiger partial charge in [-0.25, -0.2) is 0 Å². The highest BCUT2D eigenvalue weighted by molar-refractivity contribution is 5.89. The van der Waals surface area contributed by atoms with Gasteiger partial charge in [-0.2, -0.15) is 13.2 Å². The molecule has 0 bridgehead atoms. The van der Waals surface area contributed by atoms with Gasteiger partial charge >= 0.3 is 6.18 Å². The smallest absolute Gasteiger partial charge is 0.341 e. The summed E-state index contributed by atoms with van der Waals surface area (Å²) >= 11 is 0. The van der Waals surface area contributed by atoms with Gasteiger partial charge in [-0.05, 0) is 12.8 Å². The lowest BCUT2D eigenvalue weighted by Crippen LogP contribution is -2.48. The first-order valence-corrected chi connectivity index (χ1v) is 6.65. The normalized spacial score (nSPS) is 28.1. The Bertz CT molecular complexity index is 400. The zero-order chi connectivity index (χ0) is 14.9. The first-order valence-electron chi connectivity index (χ1n) is 6.65. The fourth-order valence-corrected chi connectivity index (χ4v) is 2.78. The summed E-state index contributed by atoms with van der Waals surface area (Å²) in [7, 11) is 0. The quantitative estimate of drug-likeness (QED) is 0.799. The fourth-order valence-electron chi connectivity index (χ4n) is 2.78. The van der Waals surface area contributed by atoms with Crippen molar-refractivity contribution in [2.24, 2.45) is 11.7 Å². The molecule has 2 saturated heterocycles. The van der Waals surface area contributed by atoms with Crippen molar-refractivity contribution in [1.82, 2.24) is 9.80 Å². The zero-order valence-electron chi connectivity index (χ0n) is 11.0. The molecule has 2 aliphatic rings. The SMILES string of the molecule is NC1CCCN(C(=O)C2CC(=O)N(CC(F)(F)F)C2)C1. The standard InChI is InChI=1S/C12H18F3N3O2/c13-12(14,15)7-18-5-8(4-10(18)19)11(20)17-3-1-2-9(16)6-17/h8-9H,1-7,16H2. The summed E-state index contributed by atoms with van der Waals surface area (Å²) in [5.74, 6) is -1.53. The monoisotopic (exact) mass is 293 g/mol. The van der Waals surface area contributed by atoms with E-state index in [1.807, 2.05) is 0 Å². The summed E-state index contributed by atoms with van der Waals surface area (Å²) in [5.41, 5.74) is 5.78. The van der Waals surface area contributed by atoms with Crippen LogP contribution in [0.1, 0.15) is 19.3 Å². The third-order valence-corrected chi connectivity index (χ3v) is 3.70. The van der Waals surface area contributed by atoms with Crippen LogP contribution in [0.15, 0.2) is 0 Å². The maximum absolute atomic E-state index is 12.3. The number of nitrogens with two attached hydrogens (primary N) is 1. The van der Waals surface area contributed by atoms with Crippen molar-refractivity contribution in [2.75, 3.05) is 26.2 Å². The Balaban J connectivity index is 1.94. The molecule has 2 N–H and O–H groups in total. The van der Waals surface area contributed by atoms with Gasteiger partial charge in [0.1, 0.15) is 6.54 Å². The van der Waals surface area contributed by atoms with E-state index in [9.17, 15) is 22.8 Å². The lowest BCUT2D eigenvalue weighted by Gasteiger charge is -2.32. The summed E-state index contributed by atoms with van der Waals surface area (Å²) in [6, 6.07) is -0.0870. The molecule has 2 heterocycles. The summed E-state index contributed by atoms with van der Waals surface area (Å²) < 4.78 is 36.9. The Morgan fingerprint density at radius 2 is 2.05 bits per heavy atom. The predicted octanol–water partition coefficient (Wildman–Crippen LogP) is 0.347. The van der Waals surface area contributed by atoms with Crippen molar-refractivity contribution < 1.29 is 22.8 Å². The molecule has 0 aromatic heterocycles. The van der Waals surface area contributed by atoms with E-state index in [-0.39, 0.29) is 24.9 Å². The first kappa shape index (κ1) is 15.1. The average Bonchev–Trinajstić information content (AvgIpc) is 2.68. The molecule has 0 aromatic carbocycles. The molecule has 2 amide bonds. The van der Waals surface area contributed by atoms with Crippen molar-refractivity contribution >= 4 is 11.8 Å². The molecule has 0 spiro atoms. The van der Waals surface area contributed by atoms with E-state index in [4.69, 9.17) is 5.73 Å². The second-order valence-corrected chi connectivity index (χ2v) is 5.48. The van der Waals surface area contributed by atoms with Crippen LogP contribution in [0.3, 0.4) is 0 Å². The van der Waals surface area contributed by atoms with E-state index in [1.165, 1.54) is 0 Å². The highest BCUT2D eigenvalue weighted by atomic mass is 19.4. The van der Waals surface area contributed by atoms with Crippen LogP contribution in [0, 0.1) is 5.92 Å². The molecule has 0 saturated carbocycles. The maximum atomic E-state index is 12.3. The molecule has 2 atom stereocenters. The molecule has 2 fully saturated rings. The van der Waals surface area contributed by atoms with Crippen LogP contribution < -0.4 is 5.73 Å². The second kappa shape index (κ2) is 5.59. The Labute approximate surface area is 114 Å². The van der Waals surface area contributed by atoms with Crippen molar-refractivity contribution in [2.45, 2.75) is 31.5 Å². The molecule has 8 heteroatoms. The van der Waals surface area contributed by atoms with Crippen molar-refractivity contribution in [3.8, 4) is 0 Å². The van der Waals surface area contributed by atoms with Gasteiger partial charge in [-0.3, -0.25) is 9.59 Å². The van der Waals surface area contributed by atoms with Crippen LogP contribution in [0.2, 0.25) is 0 Å². The molecule has 20 heavy (non-hydrogen) atoms. The van der Waals surface area contributed by atoms with E-state index in [2.05, 4.69) is 0 Å². The number of piperidine rings is 1. The number of carbonyl (C=O) groups is 2. The molecule has 114 valence electrons. The van der Waals surface area contributed by atoms with Crippen molar-refractivity contribution in [1.29, 1.82) is 0 Å². The van der Waals surface area contributed by atoms with Crippen LogP contribution in [-0.2, 0) is 9.59 Å². The largest absolute Gasteiger partial charge is 0.406 e. The van der Waals surface area contributed by atoms with Crippen LogP contribution in [0.25, 0.3) is 0 Å². The summed E-state index contributed by atoms with van der Waals surface area (Å²) in [6.45, 7) is -0.447. The summed E-state index contributed by atoms with van der Waals surface area (Å²) in [4.78, 5) is 26.0. The van der Waals surface area contributed by atoms with Gasteiger partial charge in [0.15, 0.2) is 0 Å². The van der Waals surface area contributed by atoms with E-state index in [0.29, 0.717) is 18.0 Å². The minimum Gasteiger partial charge on any atom is -0.341 e. The molecule has 2 rings (SSSR count). The number of carbonyl (C=O) groups excluding carboxylic acids is 2. The molecule has 2 aliphatic heterocycles. The number of hydrogen-bond donors (Lipinski definition) is 1. The highest BCUT2D eigenvalue weighted by Crippen LogP contribution is 2.25. The lowest BCUT2D eigenvalue weighted by atomic mass is 10.0. The Hall–Kier alpha value is -1.31. The van der Waals surface area contributed by atoms with Crippen molar-refractivity contribution in [3.63, 3.8) is 0 Å². The number of rotatable bonds is 2. The van der Waals surface area contributed by atoms with Gasteiger partial charge in [0, 0.05) is 32.1 Å². The Morgan fingerprint density at radius 1 is 1.35 bits per heavy atom. The number of amides is 2. The van der Waals surface area contributed by atoms with E-state index >= 15 is 0 Å². The highest BCUT2D eigenvalue weighted by Gasteiger charge is 2.42. The van der Waals surface area contributed by atoms with Crippen LogP contribution in [0.4, 0.5) is 13.2 Å². The number of nitrogens with zero attached hydrogens (tertiary/aromatic N) is 2.